The van der Waals surface area contributed by atoms with Crippen LogP contribution in [-0.4, -0.2) is 27.9 Å². The van der Waals surface area contributed by atoms with Gasteiger partial charge in [0.05, 0.1) is 6.61 Å². The van der Waals surface area contributed by atoms with Crippen LogP contribution in [0.4, 0.5) is 11.5 Å². The molecule has 0 saturated carbocycles. The van der Waals surface area contributed by atoms with Gasteiger partial charge >= 0.3 is 0 Å². The minimum atomic E-state index is -0.298. The van der Waals surface area contributed by atoms with E-state index in [-0.39, 0.29) is 11.6 Å². The molecule has 0 radical (unpaired) electrons. The van der Waals surface area contributed by atoms with E-state index < -0.39 is 0 Å². The summed E-state index contributed by atoms with van der Waals surface area (Å²) in [4.78, 5) is 12.5. The van der Waals surface area contributed by atoms with E-state index >= 15 is 0 Å². The molecule has 3 N–H and O–H groups in total. The number of aryl methyl sites for hydroxylation is 1. The van der Waals surface area contributed by atoms with E-state index in [1.807, 2.05) is 48.5 Å². The molecule has 0 fully saturated rings. The Labute approximate surface area is 164 Å². The van der Waals surface area contributed by atoms with E-state index in [1.54, 1.807) is 0 Å². The molecule has 28 heavy (non-hydrogen) atoms. The number of H-pyrrole nitrogens is 1. The van der Waals surface area contributed by atoms with Gasteiger partial charge in [-0.2, -0.15) is 5.21 Å². The molecule has 0 aliphatic carbocycles. The summed E-state index contributed by atoms with van der Waals surface area (Å²) in [6.07, 6.45) is 1.94. The predicted octanol–water partition coefficient (Wildman–Crippen LogP) is 3.83. The number of nitrogens with zero attached hydrogens (tertiary/aromatic N) is 2. The molecule has 7 heteroatoms. The fraction of sp³-hybridized carbons (Fsp3) is 0.286. The predicted molar refractivity (Wildman–Crippen MR) is 109 cm³/mol. The summed E-state index contributed by atoms with van der Waals surface area (Å²) in [6.45, 7) is 5.26. The number of ether oxygens (including phenoxy) is 1. The average Bonchev–Trinajstić information content (AvgIpc) is 3.20. The van der Waals surface area contributed by atoms with Gasteiger partial charge in [-0.3, -0.25) is 4.79 Å². The number of nitrogens with one attached hydrogen (secondary N) is 3. The van der Waals surface area contributed by atoms with Crippen LogP contribution >= 0.6 is 0 Å². The summed E-state index contributed by atoms with van der Waals surface area (Å²) < 4.78 is 5.56. The molecule has 7 nitrogen and oxygen atoms in total. The largest absolute Gasteiger partial charge is 0.494 e. The summed E-state index contributed by atoms with van der Waals surface area (Å²) in [5, 5.41) is 16.5. The lowest BCUT2D eigenvalue weighted by Crippen LogP contribution is -2.24. The van der Waals surface area contributed by atoms with Crippen LogP contribution in [0.15, 0.2) is 48.5 Å². The number of carbonyl (C=O) groups is 1. The molecular formula is C21H25N5O2. The monoisotopic (exact) mass is 379 g/mol. The number of rotatable bonds is 9. The highest BCUT2D eigenvalue weighted by Gasteiger charge is 2.16. The van der Waals surface area contributed by atoms with Gasteiger partial charge in [0.25, 0.3) is 5.91 Å². The quantitative estimate of drug-likeness (QED) is 0.525. The van der Waals surface area contributed by atoms with Gasteiger partial charge in [-0.1, -0.05) is 38.1 Å². The zero-order valence-corrected chi connectivity index (χ0v) is 16.2. The molecule has 3 rings (SSSR count). The Morgan fingerprint density at radius 2 is 1.71 bits per heavy atom. The number of amides is 1. The SMILES string of the molecule is CCCOc1ccc(CNC(=O)c2n[nH]nc2Nc2ccc(CC)cc2)cc1. The Bertz CT molecular complexity index is 888. The Kier molecular flexibility index (Phi) is 6.62. The summed E-state index contributed by atoms with van der Waals surface area (Å²) >= 11 is 0. The fourth-order valence-corrected chi connectivity index (χ4v) is 2.63. The van der Waals surface area contributed by atoms with E-state index in [0.29, 0.717) is 19.0 Å². The number of aromatic amines is 1. The van der Waals surface area contributed by atoms with Crippen LogP contribution in [0, 0.1) is 0 Å². The third-order valence-electron chi connectivity index (χ3n) is 4.24. The maximum Gasteiger partial charge on any atom is 0.275 e. The maximum atomic E-state index is 12.5. The van der Waals surface area contributed by atoms with E-state index in [4.69, 9.17) is 4.74 Å². The molecule has 1 heterocycles. The van der Waals surface area contributed by atoms with Crippen LogP contribution in [0.1, 0.15) is 41.9 Å². The van der Waals surface area contributed by atoms with Gasteiger partial charge in [-0.05, 0) is 48.2 Å². The lowest BCUT2D eigenvalue weighted by Gasteiger charge is -2.08. The Balaban J connectivity index is 1.58. The first-order chi connectivity index (χ1) is 13.7. The Morgan fingerprint density at radius 1 is 1.00 bits per heavy atom. The molecular weight excluding hydrogens is 354 g/mol. The standard InChI is InChI=1S/C21H25N5O2/c1-3-13-28-18-11-7-16(8-12-18)14-22-21(27)19-20(25-26-24-19)23-17-9-5-15(4-2)6-10-17/h5-12H,3-4,13-14H2,1-2H3,(H,22,27)(H2,23,24,25,26). The van der Waals surface area contributed by atoms with Crippen molar-refractivity contribution in [2.45, 2.75) is 33.2 Å². The van der Waals surface area contributed by atoms with Gasteiger partial charge in [0, 0.05) is 12.2 Å². The van der Waals surface area contributed by atoms with Crippen molar-refractivity contribution in [3.05, 3.63) is 65.4 Å². The third kappa shape index (κ3) is 5.09. The van der Waals surface area contributed by atoms with Crippen LogP contribution in [0.25, 0.3) is 0 Å². The molecule has 3 aromatic rings. The second-order valence-electron chi connectivity index (χ2n) is 6.37. The molecule has 2 aromatic carbocycles. The third-order valence-corrected chi connectivity index (χ3v) is 4.24. The molecule has 1 amide bonds. The minimum absolute atomic E-state index is 0.225. The van der Waals surface area contributed by atoms with Gasteiger partial charge in [-0.25, -0.2) is 0 Å². The van der Waals surface area contributed by atoms with Crippen molar-refractivity contribution in [2.24, 2.45) is 0 Å². The second kappa shape index (κ2) is 9.55. The normalized spacial score (nSPS) is 10.5. The van der Waals surface area contributed by atoms with Gasteiger partial charge < -0.3 is 15.4 Å². The lowest BCUT2D eigenvalue weighted by molar-refractivity contribution is 0.0946. The molecule has 146 valence electrons. The summed E-state index contributed by atoms with van der Waals surface area (Å²) in [6, 6.07) is 15.7. The number of carbonyl (C=O) groups excluding carboxylic acids is 1. The summed E-state index contributed by atoms with van der Waals surface area (Å²) in [7, 11) is 0. The Morgan fingerprint density at radius 3 is 2.39 bits per heavy atom. The average molecular weight is 379 g/mol. The fourth-order valence-electron chi connectivity index (χ4n) is 2.63. The first-order valence-electron chi connectivity index (χ1n) is 9.46. The smallest absolute Gasteiger partial charge is 0.275 e. The van der Waals surface area contributed by atoms with Crippen molar-refractivity contribution < 1.29 is 9.53 Å². The number of hydrogen-bond donors (Lipinski definition) is 3. The number of anilines is 2. The zero-order valence-electron chi connectivity index (χ0n) is 16.2. The van der Waals surface area contributed by atoms with Crippen molar-refractivity contribution in [1.82, 2.24) is 20.7 Å². The molecule has 1 aromatic heterocycles. The molecule has 0 spiro atoms. The van der Waals surface area contributed by atoms with E-state index in [9.17, 15) is 4.79 Å². The van der Waals surface area contributed by atoms with E-state index in [1.165, 1.54) is 5.56 Å². The van der Waals surface area contributed by atoms with Crippen LogP contribution in [0.2, 0.25) is 0 Å². The number of benzene rings is 2. The summed E-state index contributed by atoms with van der Waals surface area (Å²) in [5.74, 6) is 0.923. The van der Waals surface area contributed by atoms with Crippen LogP contribution in [-0.2, 0) is 13.0 Å². The van der Waals surface area contributed by atoms with Crippen molar-refractivity contribution in [3.63, 3.8) is 0 Å². The van der Waals surface area contributed by atoms with E-state index in [0.717, 1.165) is 29.8 Å². The molecule has 0 atom stereocenters. The molecule has 0 aliphatic rings. The minimum Gasteiger partial charge on any atom is -0.494 e. The van der Waals surface area contributed by atoms with E-state index in [2.05, 4.69) is 39.9 Å². The van der Waals surface area contributed by atoms with Gasteiger partial charge in [-0.15, -0.1) is 10.2 Å². The van der Waals surface area contributed by atoms with Crippen molar-refractivity contribution in [3.8, 4) is 5.75 Å². The highest BCUT2D eigenvalue weighted by molar-refractivity contribution is 5.97. The molecule has 0 aliphatic heterocycles. The topological polar surface area (TPSA) is 91.9 Å². The molecule has 0 unspecified atom stereocenters. The molecule has 0 saturated heterocycles. The maximum absolute atomic E-state index is 12.5. The number of hydrogen-bond acceptors (Lipinski definition) is 5. The van der Waals surface area contributed by atoms with Crippen LogP contribution in [0.5, 0.6) is 5.75 Å². The highest BCUT2D eigenvalue weighted by Crippen LogP contribution is 2.18. The number of aromatic nitrogens is 3. The van der Waals surface area contributed by atoms with Gasteiger partial charge in [0.1, 0.15) is 5.75 Å². The first kappa shape index (κ1) is 19.4. The van der Waals surface area contributed by atoms with Crippen molar-refractivity contribution >= 4 is 17.4 Å². The zero-order chi connectivity index (χ0) is 19.8. The lowest BCUT2D eigenvalue weighted by atomic mass is 10.1. The van der Waals surface area contributed by atoms with Crippen molar-refractivity contribution in [2.75, 3.05) is 11.9 Å². The Hall–Kier alpha value is -3.35. The molecule has 0 bridgehead atoms. The summed E-state index contributed by atoms with van der Waals surface area (Å²) in [5.41, 5.74) is 3.30. The van der Waals surface area contributed by atoms with Gasteiger partial charge in [0.2, 0.25) is 0 Å². The van der Waals surface area contributed by atoms with Crippen LogP contribution < -0.4 is 15.4 Å². The van der Waals surface area contributed by atoms with Gasteiger partial charge in [0.15, 0.2) is 11.5 Å². The van der Waals surface area contributed by atoms with Crippen molar-refractivity contribution in [1.29, 1.82) is 0 Å². The first-order valence-corrected chi connectivity index (χ1v) is 9.46. The highest BCUT2D eigenvalue weighted by atomic mass is 16.5. The van der Waals surface area contributed by atoms with Crippen LogP contribution in [0.3, 0.4) is 0 Å². The second-order valence-corrected chi connectivity index (χ2v) is 6.37.